The van der Waals surface area contributed by atoms with Crippen LogP contribution in [-0.4, -0.2) is 52.0 Å². The second-order valence-corrected chi connectivity index (χ2v) is 8.34. The van der Waals surface area contributed by atoms with Gasteiger partial charge in [0.05, 0.1) is 4.90 Å². The Hall–Kier alpha value is -1.64. The van der Waals surface area contributed by atoms with Crippen LogP contribution in [0.4, 0.5) is 0 Å². The van der Waals surface area contributed by atoms with Crippen molar-refractivity contribution >= 4 is 16.0 Å². The summed E-state index contributed by atoms with van der Waals surface area (Å²) in [6.45, 7) is 5.94. The first-order valence-electron chi connectivity index (χ1n) is 9.20. The van der Waals surface area contributed by atoms with Gasteiger partial charge < -0.3 is 15.5 Å². The van der Waals surface area contributed by atoms with Crippen LogP contribution in [0.5, 0.6) is 0 Å². The number of hydrogen-bond acceptors (Lipinski definition) is 4. The number of piperidine rings is 1. The highest BCUT2D eigenvalue weighted by molar-refractivity contribution is 7.89. The summed E-state index contributed by atoms with van der Waals surface area (Å²) in [4.78, 5) is 6.89. The van der Waals surface area contributed by atoms with Crippen molar-refractivity contribution in [3.05, 3.63) is 29.8 Å². The van der Waals surface area contributed by atoms with Gasteiger partial charge in [-0.05, 0) is 50.4 Å². The van der Waals surface area contributed by atoms with Gasteiger partial charge in [-0.25, -0.2) is 13.6 Å². The minimum absolute atomic E-state index is 0.121. The molecule has 4 N–H and O–H groups in total. The van der Waals surface area contributed by atoms with Crippen molar-refractivity contribution < 1.29 is 8.42 Å². The third-order valence-electron chi connectivity index (χ3n) is 4.77. The van der Waals surface area contributed by atoms with Crippen molar-refractivity contribution in [1.82, 2.24) is 15.5 Å². The molecule has 1 aromatic rings. The molecule has 1 unspecified atom stereocenters. The number of guanidine groups is 1. The molecule has 0 spiro atoms. The predicted octanol–water partition coefficient (Wildman–Crippen LogP) is 1.26. The molecule has 26 heavy (non-hydrogen) atoms. The molecular formula is C18H31N5O2S. The summed E-state index contributed by atoms with van der Waals surface area (Å²) >= 11 is 0. The first-order chi connectivity index (χ1) is 12.4. The number of hydrogen-bond donors (Lipinski definition) is 3. The molecule has 1 aliphatic rings. The molecule has 146 valence electrons. The number of rotatable bonds is 7. The van der Waals surface area contributed by atoms with Crippen LogP contribution in [-0.2, 0) is 16.6 Å². The van der Waals surface area contributed by atoms with Gasteiger partial charge >= 0.3 is 0 Å². The predicted molar refractivity (Wildman–Crippen MR) is 106 cm³/mol. The lowest BCUT2D eigenvalue weighted by atomic mass is 10.0. The maximum Gasteiger partial charge on any atom is 0.238 e. The fourth-order valence-electron chi connectivity index (χ4n) is 3.22. The number of aliphatic imine (C=N–C) groups is 1. The van der Waals surface area contributed by atoms with E-state index in [0.29, 0.717) is 18.5 Å². The van der Waals surface area contributed by atoms with Gasteiger partial charge in [0, 0.05) is 32.7 Å². The molecule has 1 saturated heterocycles. The standard InChI is InChI=1S/C18H31N5O2S/c1-15-7-3-4-11-23(15)12-6-10-21-18(20-2)22-14-16-8-5-9-17(13-16)26(19,24)25/h5,8-9,13,15H,3-4,6-7,10-12,14H2,1-2H3,(H2,19,24,25)(H2,20,21,22). The third-order valence-corrected chi connectivity index (χ3v) is 5.68. The summed E-state index contributed by atoms with van der Waals surface area (Å²) in [5.41, 5.74) is 0.835. The number of benzene rings is 1. The zero-order valence-electron chi connectivity index (χ0n) is 15.7. The molecule has 0 saturated carbocycles. The van der Waals surface area contributed by atoms with Crippen molar-refractivity contribution in [3.63, 3.8) is 0 Å². The van der Waals surface area contributed by atoms with Crippen LogP contribution >= 0.6 is 0 Å². The zero-order chi connectivity index (χ0) is 19.0. The van der Waals surface area contributed by atoms with Gasteiger partial charge in [-0.15, -0.1) is 0 Å². The molecule has 8 heteroatoms. The van der Waals surface area contributed by atoms with Crippen LogP contribution in [0.1, 0.15) is 38.2 Å². The molecule has 0 bridgehead atoms. The Morgan fingerprint density at radius 3 is 2.85 bits per heavy atom. The van der Waals surface area contributed by atoms with Gasteiger partial charge in [-0.3, -0.25) is 4.99 Å². The average molecular weight is 382 g/mol. The maximum absolute atomic E-state index is 11.4. The summed E-state index contributed by atoms with van der Waals surface area (Å²) in [5, 5.41) is 11.7. The first kappa shape index (κ1) is 20.7. The highest BCUT2D eigenvalue weighted by Crippen LogP contribution is 2.16. The largest absolute Gasteiger partial charge is 0.356 e. The Morgan fingerprint density at radius 2 is 2.15 bits per heavy atom. The Morgan fingerprint density at radius 1 is 1.35 bits per heavy atom. The quantitative estimate of drug-likeness (QED) is 0.375. The van der Waals surface area contributed by atoms with E-state index in [2.05, 4.69) is 27.4 Å². The summed E-state index contributed by atoms with van der Waals surface area (Å²) in [5.74, 6) is 0.706. The Labute approximate surface area is 157 Å². The van der Waals surface area contributed by atoms with E-state index in [1.807, 2.05) is 6.07 Å². The second-order valence-electron chi connectivity index (χ2n) is 6.78. The van der Waals surface area contributed by atoms with E-state index in [-0.39, 0.29) is 4.90 Å². The average Bonchev–Trinajstić information content (AvgIpc) is 2.62. The fourth-order valence-corrected chi connectivity index (χ4v) is 3.80. The monoisotopic (exact) mass is 381 g/mol. The first-order valence-corrected chi connectivity index (χ1v) is 10.7. The lowest BCUT2D eigenvalue weighted by Gasteiger charge is -2.33. The molecule has 0 radical (unpaired) electrons. The van der Waals surface area contributed by atoms with Gasteiger partial charge in [0.15, 0.2) is 5.96 Å². The van der Waals surface area contributed by atoms with E-state index in [1.54, 1.807) is 19.2 Å². The van der Waals surface area contributed by atoms with Gasteiger partial charge in [0.25, 0.3) is 0 Å². The number of nitrogens with zero attached hydrogens (tertiary/aromatic N) is 2. The molecule has 7 nitrogen and oxygen atoms in total. The fraction of sp³-hybridized carbons (Fsp3) is 0.611. The number of likely N-dealkylation sites (tertiary alicyclic amines) is 1. The zero-order valence-corrected chi connectivity index (χ0v) is 16.6. The minimum Gasteiger partial charge on any atom is -0.356 e. The lowest BCUT2D eigenvalue weighted by molar-refractivity contribution is 0.159. The van der Waals surface area contributed by atoms with Crippen molar-refractivity contribution in [3.8, 4) is 0 Å². The Kier molecular flexibility index (Phi) is 7.86. The summed E-state index contributed by atoms with van der Waals surface area (Å²) in [6, 6.07) is 7.30. The van der Waals surface area contributed by atoms with E-state index in [9.17, 15) is 8.42 Å². The summed E-state index contributed by atoms with van der Waals surface area (Å²) < 4.78 is 22.8. The van der Waals surface area contributed by atoms with Crippen LogP contribution in [0.15, 0.2) is 34.2 Å². The highest BCUT2D eigenvalue weighted by atomic mass is 32.2. The van der Waals surface area contributed by atoms with E-state index >= 15 is 0 Å². The molecule has 0 aliphatic carbocycles. The molecule has 0 amide bonds. The molecule has 1 heterocycles. The topological polar surface area (TPSA) is 99.8 Å². The van der Waals surface area contributed by atoms with Crippen molar-refractivity contribution in [2.75, 3.05) is 26.7 Å². The normalized spacial score (nSPS) is 19.3. The summed E-state index contributed by atoms with van der Waals surface area (Å²) in [7, 11) is -1.96. The van der Waals surface area contributed by atoms with Crippen LogP contribution in [0.25, 0.3) is 0 Å². The van der Waals surface area contributed by atoms with Crippen molar-refractivity contribution in [1.29, 1.82) is 0 Å². The van der Waals surface area contributed by atoms with Crippen LogP contribution in [0, 0.1) is 0 Å². The number of nitrogens with two attached hydrogens (primary N) is 1. The van der Waals surface area contributed by atoms with E-state index in [4.69, 9.17) is 5.14 Å². The number of nitrogens with one attached hydrogen (secondary N) is 2. The molecule has 0 aromatic heterocycles. The lowest BCUT2D eigenvalue weighted by Crippen LogP contribution is -2.41. The molecule has 2 rings (SSSR count). The summed E-state index contributed by atoms with van der Waals surface area (Å²) in [6.07, 6.45) is 5.01. The van der Waals surface area contributed by atoms with E-state index < -0.39 is 10.0 Å². The second kappa shape index (κ2) is 9.89. The van der Waals surface area contributed by atoms with E-state index in [0.717, 1.165) is 25.1 Å². The van der Waals surface area contributed by atoms with Crippen molar-refractivity contribution in [2.45, 2.75) is 50.1 Å². The van der Waals surface area contributed by atoms with E-state index in [1.165, 1.54) is 31.9 Å². The van der Waals surface area contributed by atoms with Crippen LogP contribution in [0.3, 0.4) is 0 Å². The smallest absolute Gasteiger partial charge is 0.238 e. The SMILES string of the molecule is CN=C(NCCCN1CCCCC1C)NCc1cccc(S(N)(=O)=O)c1. The molecule has 1 fully saturated rings. The molecule has 1 aromatic carbocycles. The van der Waals surface area contributed by atoms with Crippen LogP contribution in [0.2, 0.25) is 0 Å². The highest BCUT2D eigenvalue weighted by Gasteiger charge is 2.17. The van der Waals surface area contributed by atoms with Crippen molar-refractivity contribution in [2.24, 2.45) is 10.1 Å². The molecule has 1 atom stereocenters. The number of sulfonamides is 1. The number of primary sulfonamides is 1. The van der Waals surface area contributed by atoms with Gasteiger partial charge in [0.1, 0.15) is 0 Å². The maximum atomic E-state index is 11.4. The van der Waals surface area contributed by atoms with Gasteiger partial charge in [-0.1, -0.05) is 18.6 Å². The van der Waals surface area contributed by atoms with Crippen LogP contribution < -0.4 is 15.8 Å². The van der Waals surface area contributed by atoms with Gasteiger partial charge in [0.2, 0.25) is 10.0 Å². The molecular weight excluding hydrogens is 350 g/mol. The Bertz CT molecular complexity index is 705. The minimum atomic E-state index is -3.68. The van der Waals surface area contributed by atoms with Gasteiger partial charge in [-0.2, -0.15) is 0 Å². The third kappa shape index (κ3) is 6.59. The molecule has 1 aliphatic heterocycles. The Balaban J connectivity index is 1.74.